The number of aliphatic hydroxyl groups excluding tert-OH is 2. The third-order valence-corrected chi connectivity index (χ3v) is 5.00. The number of ketones is 1. The van der Waals surface area contributed by atoms with Crippen LogP contribution in [0.5, 0.6) is 17.2 Å². The zero-order valence-corrected chi connectivity index (χ0v) is 16.6. The summed E-state index contributed by atoms with van der Waals surface area (Å²) in [5, 5.41) is 39.1. The molecule has 0 aromatic heterocycles. The van der Waals surface area contributed by atoms with Crippen LogP contribution in [-0.4, -0.2) is 33.3 Å². The summed E-state index contributed by atoms with van der Waals surface area (Å²) >= 11 is 0. The van der Waals surface area contributed by atoms with Gasteiger partial charge in [0, 0.05) is 16.7 Å². The van der Waals surface area contributed by atoms with E-state index in [1.54, 1.807) is 36.4 Å². The largest absolute Gasteiger partial charge is 0.508 e. The highest BCUT2D eigenvalue weighted by molar-refractivity contribution is 6.12. The molecule has 2 aromatic carbocycles. The fourth-order valence-electron chi connectivity index (χ4n) is 3.36. The predicted molar refractivity (Wildman–Crippen MR) is 114 cm³/mol. The van der Waals surface area contributed by atoms with Crippen LogP contribution >= 0.6 is 0 Å². The summed E-state index contributed by atoms with van der Waals surface area (Å²) in [4.78, 5) is 12.9. The molecule has 6 heteroatoms. The van der Waals surface area contributed by atoms with Crippen LogP contribution in [0, 0.1) is 0 Å². The highest BCUT2D eigenvalue weighted by atomic mass is 16.5. The molecule has 0 heterocycles. The van der Waals surface area contributed by atoms with Gasteiger partial charge in [0.15, 0.2) is 17.3 Å². The lowest BCUT2D eigenvalue weighted by Crippen LogP contribution is -2.14. The number of benzene rings is 2. The Bertz CT molecular complexity index is 1050. The van der Waals surface area contributed by atoms with Gasteiger partial charge in [-0.2, -0.15) is 0 Å². The molecule has 3 rings (SSSR count). The van der Waals surface area contributed by atoms with Gasteiger partial charge >= 0.3 is 0 Å². The van der Waals surface area contributed by atoms with E-state index in [4.69, 9.17) is 4.74 Å². The number of carbonyl (C=O) groups excluding carboxylic acids is 1. The summed E-state index contributed by atoms with van der Waals surface area (Å²) in [5.41, 5.74) is 2.70. The van der Waals surface area contributed by atoms with Crippen molar-refractivity contribution in [1.29, 1.82) is 0 Å². The summed E-state index contributed by atoms with van der Waals surface area (Å²) < 4.78 is 5.07. The van der Waals surface area contributed by atoms with E-state index in [1.165, 1.54) is 25.3 Å². The van der Waals surface area contributed by atoms with Crippen molar-refractivity contribution in [2.24, 2.45) is 0 Å². The zero-order chi connectivity index (χ0) is 21.7. The standard InChI is InChI=1S/C24H24O6/c1-30-23-13-15(6-10-22(23)28)5-9-21(27)19-4-2-3-17(24(19)29)11-16-7-8-20(26)18(12-16)14-25/h5-13,25-28H,2-4,14H2,1H3/b9-5+,17-11+,21-19-. The van der Waals surface area contributed by atoms with Gasteiger partial charge in [0.2, 0.25) is 0 Å². The SMILES string of the molecule is COc1cc(/C=C/C(O)=C2\CCC/C(=C\c3ccc(O)c(CO)c3)C2=O)ccc1O. The van der Waals surface area contributed by atoms with Crippen molar-refractivity contribution < 1.29 is 30.0 Å². The van der Waals surface area contributed by atoms with E-state index < -0.39 is 0 Å². The number of aromatic hydroxyl groups is 2. The van der Waals surface area contributed by atoms with Gasteiger partial charge in [0.1, 0.15) is 11.5 Å². The minimum atomic E-state index is -0.296. The zero-order valence-electron chi connectivity index (χ0n) is 16.6. The molecule has 6 nitrogen and oxygen atoms in total. The number of allylic oxidation sites excluding steroid dienone is 3. The summed E-state index contributed by atoms with van der Waals surface area (Å²) in [6.07, 6.45) is 6.62. The summed E-state index contributed by atoms with van der Waals surface area (Å²) in [5.74, 6) is 0.0287. The van der Waals surface area contributed by atoms with Crippen LogP contribution in [0.15, 0.2) is 59.4 Å². The molecule has 2 aromatic rings. The molecule has 1 aliphatic carbocycles. The Morgan fingerprint density at radius 2 is 1.80 bits per heavy atom. The summed E-state index contributed by atoms with van der Waals surface area (Å²) in [6.45, 7) is -0.296. The molecule has 0 aliphatic heterocycles. The van der Waals surface area contributed by atoms with Crippen LogP contribution in [0.4, 0.5) is 0 Å². The van der Waals surface area contributed by atoms with E-state index in [-0.39, 0.29) is 29.6 Å². The topological polar surface area (TPSA) is 107 Å². The van der Waals surface area contributed by atoms with Gasteiger partial charge in [0.25, 0.3) is 0 Å². The molecule has 0 atom stereocenters. The second kappa shape index (κ2) is 9.33. The predicted octanol–water partition coefficient (Wildman–Crippen LogP) is 4.26. The third-order valence-electron chi connectivity index (χ3n) is 5.00. The van der Waals surface area contributed by atoms with E-state index in [2.05, 4.69) is 0 Å². The maximum absolute atomic E-state index is 12.9. The van der Waals surface area contributed by atoms with Crippen molar-refractivity contribution in [3.05, 3.63) is 76.1 Å². The van der Waals surface area contributed by atoms with Crippen LogP contribution < -0.4 is 4.74 Å². The van der Waals surface area contributed by atoms with Gasteiger partial charge < -0.3 is 25.2 Å². The van der Waals surface area contributed by atoms with Gasteiger partial charge in [-0.05, 0) is 66.8 Å². The van der Waals surface area contributed by atoms with Gasteiger partial charge in [-0.1, -0.05) is 18.2 Å². The Labute approximate surface area is 174 Å². The fourth-order valence-corrected chi connectivity index (χ4v) is 3.36. The van der Waals surface area contributed by atoms with Crippen molar-refractivity contribution in [3.63, 3.8) is 0 Å². The van der Waals surface area contributed by atoms with Gasteiger partial charge in [-0.3, -0.25) is 4.79 Å². The number of phenolic OH excluding ortho intramolecular Hbond substituents is 1. The van der Waals surface area contributed by atoms with Gasteiger partial charge in [0.05, 0.1) is 13.7 Å². The Balaban J connectivity index is 1.85. The van der Waals surface area contributed by atoms with Crippen molar-refractivity contribution in [2.75, 3.05) is 7.11 Å². The van der Waals surface area contributed by atoms with Crippen LogP contribution in [-0.2, 0) is 11.4 Å². The first-order valence-corrected chi connectivity index (χ1v) is 9.58. The third kappa shape index (κ3) is 4.72. The average molecular weight is 408 g/mol. The molecule has 4 N–H and O–H groups in total. The molecule has 0 saturated heterocycles. The molecule has 1 aliphatic rings. The smallest absolute Gasteiger partial charge is 0.188 e. The number of carbonyl (C=O) groups is 1. The maximum atomic E-state index is 12.9. The maximum Gasteiger partial charge on any atom is 0.188 e. The molecule has 156 valence electrons. The Morgan fingerprint density at radius 3 is 2.53 bits per heavy atom. The number of hydrogen-bond donors (Lipinski definition) is 4. The number of phenols is 2. The lowest BCUT2D eigenvalue weighted by molar-refractivity contribution is -0.113. The first kappa shape index (κ1) is 21.2. The molecule has 0 amide bonds. The number of rotatable bonds is 5. The second-order valence-electron chi connectivity index (χ2n) is 7.03. The minimum absolute atomic E-state index is 0.00356. The average Bonchev–Trinajstić information content (AvgIpc) is 2.75. The molecule has 0 unspecified atom stereocenters. The monoisotopic (exact) mass is 408 g/mol. The van der Waals surface area contributed by atoms with Crippen LogP contribution in [0.25, 0.3) is 12.2 Å². The first-order valence-electron chi connectivity index (χ1n) is 9.58. The lowest BCUT2D eigenvalue weighted by Gasteiger charge is -2.17. The highest BCUT2D eigenvalue weighted by Crippen LogP contribution is 2.30. The second-order valence-corrected chi connectivity index (χ2v) is 7.03. The highest BCUT2D eigenvalue weighted by Gasteiger charge is 2.23. The van der Waals surface area contributed by atoms with E-state index >= 15 is 0 Å². The number of methoxy groups -OCH3 is 1. The molecule has 1 fully saturated rings. The van der Waals surface area contributed by atoms with Crippen molar-refractivity contribution in [1.82, 2.24) is 0 Å². The Morgan fingerprint density at radius 1 is 1.07 bits per heavy atom. The van der Waals surface area contributed by atoms with Crippen LogP contribution in [0.3, 0.4) is 0 Å². The van der Waals surface area contributed by atoms with Crippen LogP contribution in [0.1, 0.15) is 36.0 Å². The Kier molecular flexibility index (Phi) is 6.59. The van der Waals surface area contributed by atoms with Gasteiger partial charge in [-0.15, -0.1) is 0 Å². The molecule has 0 bridgehead atoms. The number of hydrogen-bond acceptors (Lipinski definition) is 6. The number of Topliss-reactive ketones (excluding diaryl/α,β-unsaturated/α-hetero) is 1. The van der Waals surface area contributed by atoms with Gasteiger partial charge in [-0.25, -0.2) is 0 Å². The molecule has 0 spiro atoms. The van der Waals surface area contributed by atoms with E-state index in [0.717, 1.165) is 6.42 Å². The summed E-state index contributed by atoms with van der Waals surface area (Å²) in [6, 6.07) is 9.57. The molecular weight excluding hydrogens is 384 g/mol. The quantitative estimate of drug-likeness (QED) is 0.435. The Hall–Kier alpha value is -3.51. The van der Waals surface area contributed by atoms with E-state index in [1.807, 2.05) is 0 Å². The van der Waals surface area contributed by atoms with Crippen molar-refractivity contribution in [2.45, 2.75) is 25.9 Å². The molecular formula is C24H24O6. The fraction of sp³-hybridized carbons (Fsp3) is 0.208. The molecule has 0 radical (unpaired) electrons. The first-order chi connectivity index (χ1) is 14.4. The lowest BCUT2D eigenvalue weighted by atomic mass is 9.87. The summed E-state index contributed by atoms with van der Waals surface area (Å²) in [7, 11) is 1.45. The van der Waals surface area contributed by atoms with Crippen LogP contribution in [0.2, 0.25) is 0 Å². The van der Waals surface area contributed by atoms with E-state index in [0.29, 0.717) is 46.4 Å². The minimum Gasteiger partial charge on any atom is -0.508 e. The number of ether oxygens (including phenoxy) is 1. The molecule has 1 saturated carbocycles. The van der Waals surface area contributed by atoms with Crippen molar-refractivity contribution >= 4 is 17.9 Å². The molecule has 30 heavy (non-hydrogen) atoms. The van der Waals surface area contributed by atoms with Crippen molar-refractivity contribution in [3.8, 4) is 17.2 Å². The normalized spacial score (nSPS) is 17.5. The van der Waals surface area contributed by atoms with E-state index in [9.17, 15) is 25.2 Å². The number of aliphatic hydroxyl groups is 2.